The first-order valence-electron chi connectivity index (χ1n) is 7.68. The fraction of sp³-hybridized carbons (Fsp3) is 0.500. The molecule has 0 unspecified atom stereocenters. The maximum absolute atomic E-state index is 9.36. The molecule has 0 aliphatic rings. The smallest absolute Gasteiger partial charge is 0.183 e. The van der Waals surface area contributed by atoms with Gasteiger partial charge in [-0.1, -0.05) is 80.9 Å². The molecule has 0 bridgehead atoms. The first kappa shape index (κ1) is 20.5. The Bertz CT molecular complexity index is 567. The van der Waals surface area contributed by atoms with E-state index in [9.17, 15) is 5.26 Å². The van der Waals surface area contributed by atoms with Crippen LogP contribution in [0.5, 0.6) is 0 Å². The molecule has 1 aromatic rings. The van der Waals surface area contributed by atoms with Gasteiger partial charge in [-0.05, 0) is 12.5 Å². The summed E-state index contributed by atoms with van der Waals surface area (Å²) in [5.41, 5.74) is 2.48. The van der Waals surface area contributed by atoms with E-state index < -0.39 is 16.5 Å². The number of rotatable bonds is 6. The third kappa shape index (κ3) is 7.27. The SMILES string of the molecule is Cc1ccc(CS/C(C#N)=N/SN([Si](C)(C)C)[Si](C)(C)C)cc1. The first-order chi connectivity index (χ1) is 10.5. The third-order valence-corrected chi connectivity index (χ3v) is 14.7. The molecule has 0 aliphatic heterocycles. The largest absolute Gasteiger partial charge is 0.274 e. The Morgan fingerprint density at radius 1 is 1.09 bits per heavy atom. The highest BCUT2D eigenvalue weighted by molar-refractivity contribution is 8.14. The molecule has 0 amide bonds. The van der Waals surface area contributed by atoms with Crippen LogP contribution in [0.2, 0.25) is 39.3 Å². The summed E-state index contributed by atoms with van der Waals surface area (Å²) in [7, 11) is -2.93. The quantitative estimate of drug-likeness (QED) is 0.275. The highest BCUT2D eigenvalue weighted by Gasteiger charge is 2.35. The van der Waals surface area contributed by atoms with Gasteiger partial charge >= 0.3 is 0 Å². The molecule has 0 saturated carbocycles. The van der Waals surface area contributed by atoms with E-state index in [4.69, 9.17) is 0 Å². The minimum Gasteiger partial charge on any atom is -0.274 e. The molecular formula is C16H27N3S2Si2. The van der Waals surface area contributed by atoms with Gasteiger partial charge in [-0.25, -0.2) is 0 Å². The lowest BCUT2D eigenvalue weighted by molar-refractivity contribution is 1.000. The lowest BCUT2D eigenvalue weighted by Crippen LogP contribution is -2.54. The Morgan fingerprint density at radius 2 is 1.61 bits per heavy atom. The Kier molecular flexibility index (Phi) is 7.61. The molecule has 0 N–H and O–H groups in total. The van der Waals surface area contributed by atoms with Crippen molar-refractivity contribution in [1.82, 2.24) is 3.64 Å². The average Bonchev–Trinajstić information content (AvgIpc) is 2.41. The fourth-order valence-corrected chi connectivity index (χ4v) is 13.6. The zero-order valence-corrected chi connectivity index (χ0v) is 18.8. The van der Waals surface area contributed by atoms with Crippen LogP contribution in [0.4, 0.5) is 0 Å². The second kappa shape index (κ2) is 8.54. The van der Waals surface area contributed by atoms with E-state index in [1.807, 2.05) is 0 Å². The van der Waals surface area contributed by atoms with Crippen LogP contribution in [-0.2, 0) is 5.75 Å². The van der Waals surface area contributed by atoms with Crippen molar-refractivity contribution in [2.24, 2.45) is 4.40 Å². The van der Waals surface area contributed by atoms with Gasteiger partial charge in [0.2, 0.25) is 0 Å². The van der Waals surface area contributed by atoms with Crippen molar-refractivity contribution in [3.05, 3.63) is 35.4 Å². The standard InChI is InChI=1S/C16H27N3S2Si2/c1-14-8-10-15(11-9-14)13-20-16(12-17)18-21-19(22(2,3)4)23(5,6)7/h8-11H,13H2,1-7H3/b18-16+. The number of hydrogen-bond acceptors (Lipinski definition) is 5. The summed E-state index contributed by atoms with van der Waals surface area (Å²) in [5, 5.41) is 9.91. The van der Waals surface area contributed by atoms with Crippen molar-refractivity contribution in [2.45, 2.75) is 52.0 Å². The van der Waals surface area contributed by atoms with Crippen molar-refractivity contribution >= 4 is 45.4 Å². The molecule has 0 saturated heterocycles. The van der Waals surface area contributed by atoms with Crippen LogP contribution >= 0.6 is 23.9 Å². The molecule has 7 heteroatoms. The van der Waals surface area contributed by atoms with Crippen LogP contribution in [0.25, 0.3) is 0 Å². The van der Waals surface area contributed by atoms with Gasteiger partial charge in [0.1, 0.15) is 22.5 Å². The normalized spacial score (nSPS) is 13.3. The molecular weight excluding hydrogens is 355 g/mol. The maximum atomic E-state index is 9.36. The number of hydrogen-bond donors (Lipinski definition) is 0. The van der Waals surface area contributed by atoms with Crippen molar-refractivity contribution in [2.75, 3.05) is 0 Å². The lowest BCUT2D eigenvalue weighted by Gasteiger charge is -2.40. The van der Waals surface area contributed by atoms with Crippen molar-refractivity contribution in [1.29, 1.82) is 5.26 Å². The zero-order chi connectivity index (χ0) is 17.7. The Labute approximate surface area is 152 Å². The van der Waals surface area contributed by atoms with Crippen LogP contribution in [0.1, 0.15) is 11.1 Å². The van der Waals surface area contributed by atoms with E-state index in [0.717, 1.165) is 5.75 Å². The van der Waals surface area contributed by atoms with Crippen molar-refractivity contribution < 1.29 is 0 Å². The molecule has 0 spiro atoms. The zero-order valence-electron chi connectivity index (χ0n) is 15.2. The predicted molar refractivity (Wildman–Crippen MR) is 112 cm³/mol. The van der Waals surface area contributed by atoms with Gasteiger partial charge < -0.3 is 0 Å². The van der Waals surface area contributed by atoms with Crippen LogP contribution in [0.15, 0.2) is 28.7 Å². The molecule has 23 heavy (non-hydrogen) atoms. The molecule has 0 radical (unpaired) electrons. The molecule has 0 fully saturated rings. The van der Waals surface area contributed by atoms with E-state index in [1.165, 1.54) is 35.0 Å². The number of benzene rings is 1. The molecule has 1 aromatic carbocycles. The van der Waals surface area contributed by atoms with Gasteiger partial charge in [-0.2, -0.15) is 9.66 Å². The molecule has 3 nitrogen and oxygen atoms in total. The van der Waals surface area contributed by atoms with E-state index in [2.05, 4.69) is 84.6 Å². The van der Waals surface area contributed by atoms with Crippen LogP contribution < -0.4 is 0 Å². The fourth-order valence-electron chi connectivity index (χ4n) is 2.24. The van der Waals surface area contributed by atoms with Crippen molar-refractivity contribution in [3.63, 3.8) is 0 Å². The Balaban J connectivity index is 2.74. The molecule has 126 valence electrons. The highest BCUT2D eigenvalue weighted by Crippen LogP contribution is 2.30. The van der Waals surface area contributed by atoms with E-state index in [0.29, 0.717) is 5.04 Å². The molecule has 0 aliphatic carbocycles. The summed E-state index contributed by atoms with van der Waals surface area (Å²) in [6, 6.07) is 10.7. The summed E-state index contributed by atoms with van der Waals surface area (Å²) >= 11 is 3.02. The highest BCUT2D eigenvalue weighted by atomic mass is 32.2. The Hall–Kier alpha value is -0.526. The van der Waals surface area contributed by atoms with Crippen molar-refractivity contribution in [3.8, 4) is 6.07 Å². The summed E-state index contributed by atoms with van der Waals surface area (Å²) in [6.07, 6.45) is 0. The summed E-state index contributed by atoms with van der Waals surface area (Å²) in [4.78, 5) is 0. The number of nitriles is 1. The number of aryl methyl sites for hydroxylation is 1. The molecule has 0 heterocycles. The topological polar surface area (TPSA) is 39.4 Å². The summed E-state index contributed by atoms with van der Waals surface area (Å²) in [5.74, 6) is 0.785. The molecule has 0 atom stereocenters. The lowest BCUT2D eigenvalue weighted by atomic mass is 10.2. The van der Waals surface area contributed by atoms with E-state index in [1.54, 1.807) is 0 Å². The second-order valence-electron chi connectivity index (χ2n) is 7.50. The molecule has 1 rings (SSSR count). The summed E-state index contributed by atoms with van der Waals surface area (Å²) < 4.78 is 7.04. The van der Waals surface area contributed by atoms with Gasteiger partial charge in [-0.3, -0.25) is 3.64 Å². The second-order valence-corrected chi connectivity index (χ2v) is 19.8. The van der Waals surface area contributed by atoms with E-state index >= 15 is 0 Å². The van der Waals surface area contributed by atoms with Gasteiger partial charge in [0.15, 0.2) is 5.04 Å². The molecule has 0 aromatic heterocycles. The Morgan fingerprint density at radius 3 is 2.04 bits per heavy atom. The first-order valence-corrected chi connectivity index (χ1v) is 16.3. The van der Waals surface area contributed by atoms with Crippen LogP contribution in [0.3, 0.4) is 0 Å². The van der Waals surface area contributed by atoms with Crippen LogP contribution in [0, 0.1) is 18.3 Å². The van der Waals surface area contributed by atoms with Crippen LogP contribution in [-0.4, -0.2) is 25.2 Å². The van der Waals surface area contributed by atoms with Gasteiger partial charge in [0.25, 0.3) is 0 Å². The minimum absolute atomic E-state index is 0.553. The van der Waals surface area contributed by atoms with E-state index in [-0.39, 0.29) is 0 Å². The predicted octanol–water partition coefficient (Wildman–Crippen LogP) is 5.69. The average molecular weight is 382 g/mol. The van der Waals surface area contributed by atoms with Gasteiger partial charge in [-0.15, -0.1) is 0 Å². The number of nitrogens with zero attached hydrogens (tertiary/aromatic N) is 3. The summed E-state index contributed by atoms with van der Waals surface area (Å²) in [6.45, 7) is 16.1. The van der Waals surface area contributed by atoms with Gasteiger partial charge in [0.05, 0.1) is 0 Å². The third-order valence-electron chi connectivity index (χ3n) is 3.02. The minimum atomic E-state index is -1.46. The maximum Gasteiger partial charge on any atom is 0.183 e. The monoisotopic (exact) mass is 381 g/mol. The number of thioether (sulfide) groups is 1. The van der Waals surface area contributed by atoms with Gasteiger partial charge in [0, 0.05) is 17.9 Å².